The zero-order chi connectivity index (χ0) is 24.1. The minimum absolute atomic E-state index is 0.155. The van der Waals surface area contributed by atoms with Crippen molar-refractivity contribution in [2.24, 2.45) is 0 Å². The van der Waals surface area contributed by atoms with Crippen molar-refractivity contribution in [2.45, 2.75) is 57.1 Å². The Bertz CT molecular complexity index is 1160. The van der Waals surface area contributed by atoms with Gasteiger partial charge in [0.25, 0.3) is 0 Å². The number of hydrogen-bond acceptors (Lipinski definition) is 7. The SMILES string of the molecule is CCOc1cncc(-c2ccc(NC(=O)C(CC)(CC)c3csc(NS(=O)C4CC4)n3)nc2)c1. The second-order valence-electron chi connectivity index (χ2n) is 8.15. The van der Waals surface area contributed by atoms with Crippen LogP contribution in [-0.2, 0) is 21.2 Å². The molecule has 1 saturated carbocycles. The average molecular weight is 500 g/mol. The van der Waals surface area contributed by atoms with Crippen molar-refractivity contribution in [3.63, 3.8) is 0 Å². The summed E-state index contributed by atoms with van der Waals surface area (Å²) in [5.41, 5.74) is 1.65. The number of nitrogens with zero attached hydrogens (tertiary/aromatic N) is 3. The fraction of sp³-hybridized carbons (Fsp3) is 0.417. The number of ether oxygens (including phenoxy) is 1. The van der Waals surface area contributed by atoms with Gasteiger partial charge in [0.15, 0.2) is 5.13 Å². The highest BCUT2D eigenvalue weighted by atomic mass is 32.2. The molecular weight excluding hydrogens is 470 g/mol. The highest BCUT2D eigenvalue weighted by Gasteiger charge is 2.39. The molecule has 8 nitrogen and oxygen atoms in total. The lowest BCUT2D eigenvalue weighted by Gasteiger charge is -2.28. The van der Waals surface area contributed by atoms with E-state index in [2.05, 4.69) is 25.0 Å². The summed E-state index contributed by atoms with van der Waals surface area (Å²) in [6.07, 6.45) is 8.26. The van der Waals surface area contributed by atoms with Gasteiger partial charge in [0.05, 0.1) is 29.2 Å². The van der Waals surface area contributed by atoms with Crippen LogP contribution in [0.4, 0.5) is 10.9 Å². The first-order valence-corrected chi connectivity index (χ1v) is 13.6. The van der Waals surface area contributed by atoms with Gasteiger partial charge in [-0.15, -0.1) is 11.3 Å². The predicted octanol–water partition coefficient (Wildman–Crippen LogP) is 4.93. The first kappa shape index (κ1) is 24.3. The van der Waals surface area contributed by atoms with E-state index in [-0.39, 0.29) is 11.2 Å². The molecule has 3 aromatic heterocycles. The molecule has 1 amide bonds. The smallest absolute Gasteiger partial charge is 0.237 e. The van der Waals surface area contributed by atoms with Crippen LogP contribution in [0.1, 0.15) is 52.1 Å². The normalized spacial score (nSPS) is 14.4. The predicted molar refractivity (Wildman–Crippen MR) is 136 cm³/mol. The molecule has 4 rings (SSSR count). The van der Waals surface area contributed by atoms with Crippen LogP contribution in [0.3, 0.4) is 0 Å². The van der Waals surface area contributed by atoms with Crippen LogP contribution < -0.4 is 14.8 Å². The number of hydrogen-bond donors (Lipinski definition) is 2. The van der Waals surface area contributed by atoms with Crippen LogP contribution in [0.25, 0.3) is 11.1 Å². The zero-order valence-corrected chi connectivity index (χ0v) is 21.2. The number of thiazole rings is 1. The van der Waals surface area contributed by atoms with E-state index >= 15 is 0 Å². The van der Waals surface area contributed by atoms with Gasteiger partial charge in [-0.1, -0.05) is 13.8 Å². The topological polar surface area (TPSA) is 106 Å². The van der Waals surface area contributed by atoms with Gasteiger partial charge < -0.3 is 10.1 Å². The number of nitrogens with one attached hydrogen (secondary N) is 2. The molecule has 34 heavy (non-hydrogen) atoms. The zero-order valence-electron chi connectivity index (χ0n) is 19.5. The Kier molecular flexibility index (Phi) is 7.57. The average Bonchev–Trinajstić information content (AvgIpc) is 3.61. The summed E-state index contributed by atoms with van der Waals surface area (Å²) in [7, 11) is -1.12. The summed E-state index contributed by atoms with van der Waals surface area (Å²) < 4.78 is 20.7. The van der Waals surface area contributed by atoms with Gasteiger partial charge in [-0.25, -0.2) is 14.2 Å². The largest absolute Gasteiger partial charge is 0.492 e. The van der Waals surface area contributed by atoms with E-state index in [4.69, 9.17) is 4.74 Å². The van der Waals surface area contributed by atoms with Crippen molar-refractivity contribution in [1.82, 2.24) is 15.0 Å². The second kappa shape index (κ2) is 10.6. The third-order valence-corrected chi connectivity index (χ3v) is 8.37. The molecule has 0 aliphatic heterocycles. The van der Waals surface area contributed by atoms with Gasteiger partial charge in [-0.05, 0) is 50.8 Å². The standard InChI is InChI=1S/C24H29N5O3S2/c1-4-24(5-2,20-15-33-23(27-20)29-34(31)19-8-9-19)22(30)28-21-10-7-16(13-26-21)17-11-18(32-6-3)14-25-12-17/h7,10-15,19H,4-6,8-9H2,1-3H3,(H,27,29)(H,26,28,30). The molecule has 10 heteroatoms. The number of amides is 1. The summed E-state index contributed by atoms with van der Waals surface area (Å²) >= 11 is 1.38. The number of aromatic nitrogens is 3. The maximum atomic E-state index is 13.4. The molecule has 1 atom stereocenters. The summed E-state index contributed by atoms with van der Waals surface area (Å²) in [5, 5.41) is 5.65. The quantitative estimate of drug-likeness (QED) is 0.387. The number of rotatable bonds is 11. The van der Waals surface area contributed by atoms with E-state index in [0.29, 0.717) is 41.8 Å². The number of carbonyl (C=O) groups is 1. The molecule has 1 unspecified atom stereocenters. The highest BCUT2D eigenvalue weighted by molar-refractivity contribution is 7.87. The van der Waals surface area contributed by atoms with Gasteiger partial charge >= 0.3 is 0 Å². The Morgan fingerprint density at radius 2 is 1.97 bits per heavy atom. The van der Waals surface area contributed by atoms with Crippen molar-refractivity contribution in [3.05, 3.63) is 47.9 Å². The van der Waals surface area contributed by atoms with Crippen LogP contribution in [-0.4, -0.2) is 36.9 Å². The lowest BCUT2D eigenvalue weighted by molar-refractivity contribution is -0.122. The minimum Gasteiger partial charge on any atom is -0.492 e. The van der Waals surface area contributed by atoms with Crippen molar-refractivity contribution in [3.8, 4) is 16.9 Å². The van der Waals surface area contributed by atoms with Crippen molar-refractivity contribution in [1.29, 1.82) is 0 Å². The Hall–Kier alpha value is -2.85. The monoisotopic (exact) mass is 499 g/mol. The third-order valence-electron chi connectivity index (χ3n) is 6.01. The number of pyridine rings is 2. The van der Waals surface area contributed by atoms with Crippen LogP contribution >= 0.6 is 11.3 Å². The van der Waals surface area contributed by atoms with E-state index in [1.807, 2.05) is 38.3 Å². The molecule has 3 heterocycles. The van der Waals surface area contributed by atoms with Crippen LogP contribution in [0.5, 0.6) is 5.75 Å². The number of carbonyl (C=O) groups excluding carboxylic acids is 1. The Morgan fingerprint density at radius 3 is 2.62 bits per heavy atom. The molecule has 0 spiro atoms. The van der Waals surface area contributed by atoms with Crippen molar-refractivity contribution >= 4 is 39.2 Å². The van der Waals surface area contributed by atoms with Crippen molar-refractivity contribution in [2.75, 3.05) is 16.6 Å². The Morgan fingerprint density at radius 1 is 1.18 bits per heavy atom. The van der Waals surface area contributed by atoms with E-state index in [1.54, 1.807) is 24.7 Å². The maximum absolute atomic E-state index is 13.4. The maximum Gasteiger partial charge on any atom is 0.237 e. The summed E-state index contributed by atoms with van der Waals surface area (Å²) in [4.78, 5) is 26.7. The van der Waals surface area contributed by atoms with Crippen LogP contribution in [0, 0.1) is 0 Å². The lowest BCUT2D eigenvalue weighted by Crippen LogP contribution is -2.40. The van der Waals surface area contributed by atoms with Gasteiger partial charge in [0.1, 0.15) is 22.6 Å². The molecule has 3 aromatic rings. The second-order valence-corrected chi connectivity index (χ2v) is 10.5. The first-order chi connectivity index (χ1) is 16.5. The molecular formula is C24H29N5O3S2. The third kappa shape index (κ3) is 5.28. The fourth-order valence-electron chi connectivity index (χ4n) is 3.74. The lowest BCUT2D eigenvalue weighted by atomic mass is 9.78. The molecule has 0 saturated heterocycles. The molecule has 1 fully saturated rings. The van der Waals surface area contributed by atoms with Gasteiger partial charge in [0.2, 0.25) is 5.91 Å². The molecule has 0 aromatic carbocycles. The summed E-state index contributed by atoms with van der Waals surface area (Å²) in [5.74, 6) is 1.02. The van der Waals surface area contributed by atoms with Crippen molar-refractivity contribution < 1.29 is 13.7 Å². The van der Waals surface area contributed by atoms with Gasteiger partial charge in [0, 0.05) is 28.9 Å². The van der Waals surface area contributed by atoms with Crippen LogP contribution in [0.2, 0.25) is 0 Å². The molecule has 180 valence electrons. The van der Waals surface area contributed by atoms with Gasteiger partial charge in [-0.2, -0.15) is 0 Å². The molecule has 1 aliphatic carbocycles. The molecule has 1 aliphatic rings. The summed E-state index contributed by atoms with van der Waals surface area (Å²) in [6, 6.07) is 5.59. The summed E-state index contributed by atoms with van der Waals surface area (Å²) in [6.45, 7) is 6.45. The molecule has 0 bridgehead atoms. The van der Waals surface area contributed by atoms with E-state index in [0.717, 1.165) is 24.0 Å². The Balaban J connectivity index is 1.48. The fourth-order valence-corrected chi connectivity index (χ4v) is 5.78. The van der Waals surface area contributed by atoms with Crippen LogP contribution in [0.15, 0.2) is 42.2 Å². The Labute approximate surface area is 206 Å². The first-order valence-electron chi connectivity index (χ1n) is 11.5. The highest BCUT2D eigenvalue weighted by Crippen LogP contribution is 2.36. The minimum atomic E-state index is -1.12. The molecule has 2 N–H and O–H groups in total. The van der Waals surface area contributed by atoms with E-state index in [1.165, 1.54) is 11.3 Å². The van der Waals surface area contributed by atoms with E-state index < -0.39 is 16.4 Å². The van der Waals surface area contributed by atoms with Gasteiger partial charge in [-0.3, -0.25) is 14.5 Å². The molecule has 0 radical (unpaired) electrons. The van der Waals surface area contributed by atoms with E-state index in [9.17, 15) is 9.00 Å². The number of anilines is 2.